The van der Waals surface area contributed by atoms with Crippen LogP contribution in [0.3, 0.4) is 0 Å². The number of aliphatic hydroxyl groups is 1. The van der Waals surface area contributed by atoms with Gasteiger partial charge in [-0.3, -0.25) is 14.9 Å². The third-order valence-corrected chi connectivity index (χ3v) is 3.07. The minimum atomic E-state index is -1.27. The van der Waals surface area contributed by atoms with E-state index in [2.05, 4.69) is 5.32 Å². The number of nitro benzene ring substituents is 1. The van der Waals surface area contributed by atoms with Gasteiger partial charge >= 0.3 is 0 Å². The third-order valence-electron chi connectivity index (χ3n) is 3.07. The number of non-ortho nitro benzene ring substituents is 1. The number of benzene rings is 1. The topological polar surface area (TPSA) is 102 Å². The van der Waals surface area contributed by atoms with E-state index in [1.807, 2.05) is 0 Å². The number of methoxy groups -OCH3 is 1. The Bertz CT molecular complexity index is 516. The van der Waals surface area contributed by atoms with E-state index in [0.717, 1.165) is 0 Å². The monoisotopic (exact) mass is 252 g/mol. The summed E-state index contributed by atoms with van der Waals surface area (Å²) in [6.45, 7) is -0.510. The quantitative estimate of drug-likeness (QED) is 0.597. The van der Waals surface area contributed by atoms with Crippen molar-refractivity contribution in [2.24, 2.45) is 0 Å². The van der Waals surface area contributed by atoms with Gasteiger partial charge in [0.2, 0.25) is 5.91 Å². The summed E-state index contributed by atoms with van der Waals surface area (Å²) in [6, 6.07) is 4.06. The van der Waals surface area contributed by atoms with Gasteiger partial charge in [0.15, 0.2) is 0 Å². The first kappa shape index (κ1) is 12.5. The highest BCUT2D eigenvalue weighted by molar-refractivity contribution is 6.06. The molecule has 0 saturated carbocycles. The van der Waals surface area contributed by atoms with Crippen molar-refractivity contribution in [2.75, 3.05) is 25.6 Å². The van der Waals surface area contributed by atoms with E-state index in [9.17, 15) is 20.0 Å². The second-order valence-corrected chi connectivity index (χ2v) is 4.11. The molecule has 1 unspecified atom stereocenters. The number of nitro groups is 1. The summed E-state index contributed by atoms with van der Waals surface area (Å²) >= 11 is 0. The fourth-order valence-electron chi connectivity index (χ4n) is 2.11. The molecule has 0 bridgehead atoms. The van der Waals surface area contributed by atoms with E-state index in [1.165, 1.54) is 25.3 Å². The Hall–Kier alpha value is -1.99. The summed E-state index contributed by atoms with van der Waals surface area (Å²) in [5.74, 6) is -0.414. The zero-order valence-corrected chi connectivity index (χ0v) is 9.67. The molecule has 0 spiro atoms. The van der Waals surface area contributed by atoms with Crippen LogP contribution in [-0.2, 0) is 14.9 Å². The van der Waals surface area contributed by atoms with Gasteiger partial charge in [-0.15, -0.1) is 0 Å². The summed E-state index contributed by atoms with van der Waals surface area (Å²) < 4.78 is 4.96. The molecule has 0 aliphatic carbocycles. The molecule has 2 N–H and O–H groups in total. The van der Waals surface area contributed by atoms with Crippen LogP contribution < -0.4 is 5.32 Å². The summed E-state index contributed by atoms with van der Waals surface area (Å²) in [4.78, 5) is 22.1. The maximum Gasteiger partial charge on any atom is 0.269 e. The van der Waals surface area contributed by atoms with Crippen LogP contribution in [0, 0.1) is 10.1 Å². The lowest BCUT2D eigenvalue weighted by atomic mass is 9.83. The number of nitrogens with zero attached hydrogens (tertiary/aromatic N) is 1. The van der Waals surface area contributed by atoms with Crippen molar-refractivity contribution < 1.29 is 19.6 Å². The average Bonchev–Trinajstić information content (AvgIpc) is 2.62. The third kappa shape index (κ3) is 1.64. The van der Waals surface area contributed by atoms with Crippen molar-refractivity contribution in [1.29, 1.82) is 0 Å². The lowest BCUT2D eigenvalue weighted by Crippen LogP contribution is -2.42. The molecule has 0 aromatic heterocycles. The van der Waals surface area contributed by atoms with Crippen LogP contribution in [0.15, 0.2) is 18.2 Å². The van der Waals surface area contributed by atoms with Gasteiger partial charge in [-0.2, -0.15) is 0 Å². The molecule has 1 heterocycles. The van der Waals surface area contributed by atoms with Gasteiger partial charge in [-0.05, 0) is 6.07 Å². The van der Waals surface area contributed by atoms with Crippen LogP contribution >= 0.6 is 0 Å². The van der Waals surface area contributed by atoms with E-state index in [0.29, 0.717) is 11.3 Å². The number of anilines is 1. The van der Waals surface area contributed by atoms with Gasteiger partial charge in [0.25, 0.3) is 5.69 Å². The number of ether oxygens (including phenoxy) is 1. The average molecular weight is 252 g/mol. The van der Waals surface area contributed by atoms with E-state index in [4.69, 9.17) is 4.74 Å². The van der Waals surface area contributed by atoms with E-state index < -0.39 is 22.9 Å². The molecule has 1 aliphatic heterocycles. The second-order valence-electron chi connectivity index (χ2n) is 4.11. The Morgan fingerprint density at radius 2 is 2.28 bits per heavy atom. The molecule has 0 radical (unpaired) electrons. The molecule has 1 atom stereocenters. The standard InChI is InChI=1S/C11H12N2O5/c1-18-6-11(5-14)8-4-7(13(16)17)2-3-9(8)12-10(11)15/h2-4,14H,5-6H2,1H3,(H,12,15). The van der Waals surface area contributed by atoms with Crippen LogP contribution in [0.2, 0.25) is 0 Å². The number of nitrogens with one attached hydrogen (secondary N) is 1. The predicted octanol–water partition coefficient (Wildman–Crippen LogP) is 0.423. The molecule has 1 aromatic carbocycles. The number of rotatable bonds is 4. The normalized spacial score (nSPS) is 21.6. The molecule has 1 aromatic rings. The molecule has 0 fully saturated rings. The van der Waals surface area contributed by atoms with E-state index in [1.54, 1.807) is 0 Å². The maximum atomic E-state index is 11.9. The van der Waals surface area contributed by atoms with Crippen LogP contribution in [0.4, 0.5) is 11.4 Å². The Morgan fingerprint density at radius 1 is 1.56 bits per heavy atom. The summed E-state index contributed by atoms with van der Waals surface area (Å²) in [5, 5.41) is 22.8. The number of carbonyl (C=O) groups excluding carboxylic acids is 1. The largest absolute Gasteiger partial charge is 0.395 e. The minimum Gasteiger partial charge on any atom is -0.395 e. The molecule has 2 rings (SSSR count). The van der Waals surface area contributed by atoms with Crippen molar-refractivity contribution >= 4 is 17.3 Å². The molecule has 0 saturated heterocycles. The van der Waals surface area contributed by atoms with E-state index in [-0.39, 0.29) is 12.3 Å². The van der Waals surface area contributed by atoms with E-state index >= 15 is 0 Å². The van der Waals surface area contributed by atoms with Gasteiger partial charge in [-0.25, -0.2) is 0 Å². The lowest BCUT2D eigenvalue weighted by molar-refractivity contribution is -0.384. The summed E-state index contributed by atoms with van der Waals surface area (Å²) in [7, 11) is 1.40. The van der Waals surface area contributed by atoms with Crippen LogP contribution in [-0.4, -0.2) is 36.3 Å². The van der Waals surface area contributed by atoms with Gasteiger partial charge in [-0.1, -0.05) is 0 Å². The Labute approximate surface area is 103 Å². The van der Waals surface area contributed by atoms with Crippen LogP contribution in [0.25, 0.3) is 0 Å². The van der Waals surface area contributed by atoms with Crippen LogP contribution in [0.5, 0.6) is 0 Å². The number of hydrogen-bond acceptors (Lipinski definition) is 5. The van der Waals surface area contributed by atoms with Gasteiger partial charge < -0.3 is 15.2 Å². The highest BCUT2D eigenvalue weighted by atomic mass is 16.6. The minimum absolute atomic E-state index is 0.0382. The first-order valence-corrected chi connectivity index (χ1v) is 5.25. The number of hydrogen-bond donors (Lipinski definition) is 2. The molecule has 18 heavy (non-hydrogen) atoms. The zero-order valence-electron chi connectivity index (χ0n) is 9.67. The number of aliphatic hydroxyl groups excluding tert-OH is 1. The van der Waals surface area contributed by atoms with Crippen LogP contribution in [0.1, 0.15) is 5.56 Å². The molecular weight excluding hydrogens is 240 g/mol. The number of amides is 1. The second kappa shape index (κ2) is 4.35. The first-order chi connectivity index (χ1) is 8.55. The van der Waals surface area contributed by atoms with Gasteiger partial charge in [0, 0.05) is 30.5 Å². The van der Waals surface area contributed by atoms with Crippen molar-refractivity contribution in [3.05, 3.63) is 33.9 Å². The molecule has 1 amide bonds. The zero-order chi connectivity index (χ0) is 13.3. The van der Waals surface area contributed by atoms with Crippen molar-refractivity contribution in [1.82, 2.24) is 0 Å². The van der Waals surface area contributed by atoms with Crippen molar-refractivity contribution in [3.63, 3.8) is 0 Å². The molecular formula is C11H12N2O5. The first-order valence-electron chi connectivity index (χ1n) is 5.25. The Kier molecular flexibility index (Phi) is 3.02. The van der Waals surface area contributed by atoms with Crippen molar-refractivity contribution in [3.8, 4) is 0 Å². The van der Waals surface area contributed by atoms with Gasteiger partial charge in [0.1, 0.15) is 5.41 Å². The fourth-order valence-corrected chi connectivity index (χ4v) is 2.11. The predicted molar refractivity (Wildman–Crippen MR) is 62.4 cm³/mol. The maximum absolute atomic E-state index is 11.9. The fraction of sp³-hybridized carbons (Fsp3) is 0.364. The summed E-state index contributed by atoms with van der Waals surface area (Å²) in [6.07, 6.45) is 0. The summed E-state index contributed by atoms with van der Waals surface area (Å²) in [5.41, 5.74) is -0.530. The Balaban J connectivity index is 2.57. The number of carbonyl (C=O) groups is 1. The SMILES string of the molecule is COCC1(CO)C(=O)Nc2ccc([N+](=O)[O-])cc21. The smallest absolute Gasteiger partial charge is 0.269 e. The lowest BCUT2D eigenvalue weighted by Gasteiger charge is -2.23. The van der Waals surface area contributed by atoms with Gasteiger partial charge in [0.05, 0.1) is 18.1 Å². The highest BCUT2D eigenvalue weighted by Crippen LogP contribution is 2.39. The highest BCUT2D eigenvalue weighted by Gasteiger charge is 2.47. The number of fused-ring (bicyclic) bond motifs is 1. The molecule has 7 nitrogen and oxygen atoms in total. The van der Waals surface area contributed by atoms with Crippen molar-refractivity contribution in [2.45, 2.75) is 5.41 Å². The molecule has 1 aliphatic rings. The Morgan fingerprint density at radius 3 is 2.83 bits per heavy atom. The molecule has 96 valence electrons. The molecule has 7 heteroatoms.